The van der Waals surface area contributed by atoms with Gasteiger partial charge in [-0.1, -0.05) is 29.8 Å². The van der Waals surface area contributed by atoms with Crippen molar-refractivity contribution in [3.8, 4) is 16.8 Å². The van der Waals surface area contributed by atoms with Crippen molar-refractivity contribution in [1.29, 1.82) is 0 Å². The van der Waals surface area contributed by atoms with Gasteiger partial charge in [-0.3, -0.25) is 32.5 Å². The Balaban J connectivity index is 1.81. The maximum absolute atomic E-state index is 13.3. The summed E-state index contributed by atoms with van der Waals surface area (Å²) in [5, 5.41) is -0.320. The van der Waals surface area contributed by atoms with Crippen LogP contribution in [0.1, 0.15) is 11.1 Å². The van der Waals surface area contributed by atoms with E-state index in [4.69, 9.17) is 4.18 Å². The number of fused-ring (bicyclic) bond motifs is 2. The Kier molecular flexibility index (Phi) is 6.26. The summed E-state index contributed by atoms with van der Waals surface area (Å²) in [5.41, 5.74) is -2.17. The molecule has 2 aromatic heterocycles. The minimum atomic E-state index is -4.49. The van der Waals surface area contributed by atoms with Gasteiger partial charge in [0.1, 0.15) is 10.6 Å². The van der Waals surface area contributed by atoms with Gasteiger partial charge in [-0.05, 0) is 42.3 Å². The Morgan fingerprint density at radius 1 is 0.750 bits per heavy atom. The second-order valence-electron chi connectivity index (χ2n) is 9.25. The predicted molar refractivity (Wildman–Crippen MR) is 147 cm³/mol. The first kappa shape index (κ1) is 27.3. The SMILES string of the molecule is COS(=O)(=O)c1cc(-n2c(=O)c3cc4c(=O)n(C)c(=O)c4cc3c2=O)ccc1-c1ccc(C)cc1CS(=O)(=O)O. The van der Waals surface area contributed by atoms with Crippen molar-refractivity contribution in [1.82, 2.24) is 9.13 Å². The van der Waals surface area contributed by atoms with Crippen molar-refractivity contribution >= 4 is 41.8 Å². The fraction of sp³-hybridized carbons (Fsp3) is 0.154. The van der Waals surface area contributed by atoms with Gasteiger partial charge in [0.25, 0.3) is 42.5 Å². The van der Waals surface area contributed by atoms with Crippen LogP contribution in [0.5, 0.6) is 0 Å². The Morgan fingerprint density at radius 3 is 1.80 bits per heavy atom. The molecule has 0 saturated carbocycles. The van der Waals surface area contributed by atoms with Crippen molar-refractivity contribution in [2.45, 2.75) is 17.6 Å². The van der Waals surface area contributed by atoms with Gasteiger partial charge in [-0.2, -0.15) is 16.8 Å². The summed E-state index contributed by atoms with van der Waals surface area (Å²) < 4.78 is 65.0. The summed E-state index contributed by atoms with van der Waals surface area (Å²) >= 11 is 0. The number of benzene rings is 3. The van der Waals surface area contributed by atoms with Crippen molar-refractivity contribution in [3.63, 3.8) is 0 Å². The maximum Gasteiger partial charge on any atom is 0.297 e. The molecule has 0 amide bonds. The minimum Gasteiger partial charge on any atom is -0.285 e. The van der Waals surface area contributed by atoms with Crippen molar-refractivity contribution in [3.05, 3.63) is 101 Å². The van der Waals surface area contributed by atoms with Crippen LogP contribution >= 0.6 is 0 Å². The zero-order valence-electron chi connectivity index (χ0n) is 21.2. The Morgan fingerprint density at radius 2 is 1.27 bits per heavy atom. The first-order valence-corrected chi connectivity index (χ1v) is 14.6. The first-order chi connectivity index (χ1) is 18.6. The van der Waals surface area contributed by atoms with Gasteiger partial charge in [0.2, 0.25) is 0 Å². The molecule has 0 fully saturated rings. The summed E-state index contributed by atoms with van der Waals surface area (Å²) in [6, 6.07) is 10.5. The lowest BCUT2D eigenvalue weighted by molar-refractivity contribution is 0.398. The first-order valence-electron chi connectivity index (χ1n) is 11.5. The van der Waals surface area contributed by atoms with Crippen molar-refractivity contribution < 1.29 is 25.6 Å². The molecule has 14 heteroatoms. The Hall–Kier alpha value is -4.24. The highest BCUT2D eigenvalue weighted by Gasteiger charge is 2.25. The third-order valence-corrected chi connectivity index (χ3v) is 8.69. The molecule has 2 heterocycles. The molecule has 0 saturated heterocycles. The molecule has 206 valence electrons. The molecule has 0 aliphatic rings. The van der Waals surface area contributed by atoms with E-state index in [1.54, 1.807) is 13.0 Å². The zero-order valence-corrected chi connectivity index (χ0v) is 22.8. The molecule has 0 unspecified atom stereocenters. The van der Waals surface area contributed by atoms with Crippen LogP contribution in [0, 0.1) is 6.92 Å². The van der Waals surface area contributed by atoms with Crippen LogP contribution in [-0.4, -0.2) is 37.6 Å². The molecular formula is C26H20N2O10S2. The average molecular weight is 585 g/mol. The van der Waals surface area contributed by atoms with E-state index in [1.807, 2.05) is 0 Å². The number of rotatable bonds is 6. The molecule has 12 nitrogen and oxygen atoms in total. The van der Waals surface area contributed by atoms with E-state index >= 15 is 0 Å². The normalized spacial score (nSPS) is 12.5. The average Bonchev–Trinajstić information content (AvgIpc) is 3.26. The predicted octanol–water partition coefficient (Wildman–Crippen LogP) is 1.14. The Labute approximate surface area is 225 Å². The van der Waals surface area contributed by atoms with Crippen molar-refractivity contribution in [2.24, 2.45) is 7.05 Å². The van der Waals surface area contributed by atoms with E-state index < -0.39 is 53.1 Å². The van der Waals surface area contributed by atoms with Gasteiger partial charge in [-0.25, -0.2) is 4.57 Å². The Bertz CT molecular complexity index is 2240. The molecule has 0 aliphatic heterocycles. The molecule has 0 radical (unpaired) electrons. The molecule has 0 spiro atoms. The highest BCUT2D eigenvalue weighted by molar-refractivity contribution is 7.87. The van der Waals surface area contributed by atoms with Crippen LogP contribution in [0.2, 0.25) is 0 Å². The summed E-state index contributed by atoms with van der Waals surface area (Å²) in [7, 11) is -6.79. The number of hydrogen-bond acceptors (Lipinski definition) is 9. The smallest absolute Gasteiger partial charge is 0.285 e. The van der Waals surface area contributed by atoms with Gasteiger partial charge < -0.3 is 0 Å². The number of aryl methyl sites for hydroxylation is 1. The highest BCUT2D eigenvalue weighted by atomic mass is 32.2. The van der Waals surface area contributed by atoms with E-state index in [0.29, 0.717) is 10.1 Å². The number of hydrogen-bond donors (Lipinski definition) is 1. The van der Waals surface area contributed by atoms with Crippen LogP contribution < -0.4 is 22.2 Å². The zero-order chi connectivity index (χ0) is 29.3. The summed E-state index contributed by atoms with van der Waals surface area (Å²) in [5.74, 6) is -0.798. The lowest BCUT2D eigenvalue weighted by Crippen LogP contribution is -2.24. The van der Waals surface area contributed by atoms with E-state index in [2.05, 4.69) is 0 Å². The second kappa shape index (κ2) is 9.16. The fourth-order valence-electron chi connectivity index (χ4n) is 4.80. The van der Waals surface area contributed by atoms with Gasteiger partial charge in [-0.15, -0.1) is 0 Å². The van der Waals surface area contributed by atoms with Crippen molar-refractivity contribution in [2.75, 3.05) is 7.11 Å². The fourth-order valence-corrected chi connectivity index (χ4v) is 6.32. The monoisotopic (exact) mass is 584 g/mol. The van der Waals surface area contributed by atoms with E-state index in [1.165, 1.54) is 43.4 Å². The molecule has 5 rings (SSSR count). The lowest BCUT2D eigenvalue weighted by Gasteiger charge is -2.15. The van der Waals surface area contributed by atoms with Crippen LogP contribution in [0.4, 0.5) is 0 Å². The quantitative estimate of drug-likeness (QED) is 0.225. The summed E-state index contributed by atoms with van der Waals surface area (Å²) in [6.45, 7) is 1.69. The minimum absolute atomic E-state index is 0.000865. The standard InChI is InChI=1S/C26H20N2O10S2/c1-13-4-6-16(14(8-13)12-39(33,34)35)17-7-5-15(9-22(17)40(36,37)38-3)28-25(31)20-10-18-19(11-21(20)26(28)32)24(30)27(2)23(18)29/h4-11H,12H2,1-3H3,(H,33,34,35). The van der Waals surface area contributed by atoms with E-state index in [-0.39, 0.29) is 43.9 Å². The highest BCUT2D eigenvalue weighted by Crippen LogP contribution is 2.34. The molecule has 3 aromatic carbocycles. The molecule has 0 atom stereocenters. The second-order valence-corrected chi connectivity index (χ2v) is 12.4. The lowest BCUT2D eigenvalue weighted by atomic mass is 9.98. The largest absolute Gasteiger partial charge is 0.297 e. The number of aromatic nitrogens is 2. The number of nitrogens with zero attached hydrogens (tertiary/aromatic N) is 2. The third kappa shape index (κ3) is 4.30. The molecule has 1 N–H and O–H groups in total. The van der Waals surface area contributed by atoms with Crippen LogP contribution in [0.3, 0.4) is 0 Å². The van der Waals surface area contributed by atoms with Crippen LogP contribution in [0.25, 0.3) is 38.4 Å². The molecular weight excluding hydrogens is 564 g/mol. The summed E-state index contributed by atoms with van der Waals surface area (Å²) in [4.78, 5) is 51.0. The van der Waals surface area contributed by atoms with Gasteiger partial charge in [0, 0.05) is 12.6 Å². The topological polar surface area (TPSA) is 176 Å². The molecule has 0 bridgehead atoms. The molecule has 40 heavy (non-hydrogen) atoms. The third-order valence-electron chi connectivity index (χ3n) is 6.70. The van der Waals surface area contributed by atoms with Gasteiger partial charge in [0.05, 0.1) is 34.3 Å². The molecule has 0 aliphatic carbocycles. The van der Waals surface area contributed by atoms with Crippen LogP contribution in [-0.2, 0) is 37.2 Å². The van der Waals surface area contributed by atoms with Gasteiger partial charge in [0.15, 0.2) is 0 Å². The summed E-state index contributed by atoms with van der Waals surface area (Å²) in [6.07, 6.45) is 0. The molecule has 5 aromatic rings. The maximum atomic E-state index is 13.3. The van der Waals surface area contributed by atoms with Crippen LogP contribution in [0.15, 0.2) is 72.6 Å². The van der Waals surface area contributed by atoms with Gasteiger partial charge >= 0.3 is 0 Å². The van der Waals surface area contributed by atoms with E-state index in [0.717, 1.165) is 17.7 Å². The van der Waals surface area contributed by atoms with E-state index in [9.17, 15) is 40.6 Å².